The molecule has 3 rings (SSSR count). The van der Waals surface area contributed by atoms with Crippen molar-refractivity contribution in [3.63, 3.8) is 0 Å². The smallest absolute Gasteiger partial charge is 0.265 e. The fourth-order valence-corrected chi connectivity index (χ4v) is 5.81. The van der Waals surface area contributed by atoms with Crippen LogP contribution in [0.4, 0.5) is 5.69 Å². The van der Waals surface area contributed by atoms with Crippen LogP contribution < -0.4 is 28.6 Å². The average Bonchev–Trinajstić information content (AvgIpc) is 2.94. The number of carbonyl (C=O) groups is 1. The molecule has 1 N–H and O–H groups in total. The van der Waals surface area contributed by atoms with E-state index in [1.54, 1.807) is 24.3 Å². The van der Waals surface area contributed by atoms with Crippen molar-refractivity contribution < 1.29 is 32.2 Å². The molecule has 0 fully saturated rings. The number of ether oxygens (including phenoxy) is 4. The van der Waals surface area contributed by atoms with Gasteiger partial charge in [-0.05, 0) is 48.5 Å². The molecule has 0 radical (unpaired) electrons. The van der Waals surface area contributed by atoms with Gasteiger partial charge in [-0.25, -0.2) is 8.42 Å². The van der Waals surface area contributed by atoms with Gasteiger partial charge in [-0.1, -0.05) is 11.6 Å². The zero-order valence-electron chi connectivity index (χ0n) is 21.4. The minimum atomic E-state index is -4.26. The molecule has 0 spiro atoms. The zero-order chi connectivity index (χ0) is 27.7. The van der Waals surface area contributed by atoms with Crippen LogP contribution in [-0.4, -0.2) is 61.6 Å². The number of halogens is 1. The Morgan fingerprint density at radius 2 is 1.53 bits per heavy atom. The van der Waals surface area contributed by atoms with Crippen molar-refractivity contribution >= 4 is 45.0 Å². The first-order chi connectivity index (χ1) is 18.2. The van der Waals surface area contributed by atoms with Crippen molar-refractivity contribution in [3.8, 4) is 23.0 Å². The number of nitrogens with zero attached hydrogens (tertiary/aromatic N) is 1. The largest absolute Gasteiger partial charge is 0.497 e. The summed E-state index contributed by atoms with van der Waals surface area (Å²) in [6.07, 6.45) is 0. The number of amides is 1. The van der Waals surface area contributed by atoms with Crippen LogP contribution >= 0.6 is 23.4 Å². The molecular formula is C26H29ClN2O7S2. The van der Waals surface area contributed by atoms with Gasteiger partial charge in [-0.2, -0.15) is 0 Å². The first-order valence-corrected chi connectivity index (χ1v) is 14.2. The number of carbonyl (C=O) groups excluding carboxylic acids is 1. The van der Waals surface area contributed by atoms with E-state index in [4.69, 9.17) is 30.5 Å². The van der Waals surface area contributed by atoms with Crippen LogP contribution in [0.3, 0.4) is 0 Å². The van der Waals surface area contributed by atoms with Crippen LogP contribution in [0.2, 0.25) is 5.02 Å². The predicted octanol–water partition coefficient (Wildman–Crippen LogP) is 4.48. The van der Waals surface area contributed by atoms with E-state index in [1.165, 1.54) is 64.5 Å². The maximum absolute atomic E-state index is 13.9. The number of rotatable bonds is 13. The van der Waals surface area contributed by atoms with Gasteiger partial charge in [0, 0.05) is 34.3 Å². The summed E-state index contributed by atoms with van der Waals surface area (Å²) in [5, 5.41) is 3.43. The highest BCUT2D eigenvalue weighted by molar-refractivity contribution is 7.99. The zero-order valence-corrected chi connectivity index (χ0v) is 23.8. The Balaban J connectivity index is 1.88. The minimum Gasteiger partial charge on any atom is -0.497 e. The Labute approximate surface area is 232 Å². The van der Waals surface area contributed by atoms with E-state index in [1.807, 2.05) is 12.1 Å². The van der Waals surface area contributed by atoms with Crippen molar-refractivity contribution in [3.05, 3.63) is 65.7 Å². The molecule has 0 aliphatic heterocycles. The van der Waals surface area contributed by atoms with Crippen molar-refractivity contribution in [1.82, 2.24) is 5.32 Å². The Morgan fingerprint density at radius 1 is 0.868 bits per heavy atom. The molecule has 0 aliphatic carbocycles. The quantitative estimate of drug-likeness (QED) is 0.233. The summed E-state index contributed by atoms with van der Waals surface area (Å²) in [5.74, 6) is 1.34. The fourth-order valence-electron chi connectivity index (χ4n) is 3.47. The lowest BCUT2D eigenvalue weighted by atomic mass is 10.2. The molecule has 0 aliphatic rings. The van der Waals surface area contributed by atoms with Gasteiger partial charge >= 0.3 is 0 Å². The molecule has 0 saturated heterocycles. The molecule has 3 aromatic rings. The molecule has 204 valence electrons. The van der Waals surface area contributed by atoms with Gasteiger partial charge in [0.2, 0.25) is 5.91 Å². The normalized spacial score (nSPS) is 11.0. The summed E-state index contributed by atoms with van der Waals surface area (Å²) in [5.41, 5.74) is 0.146. The maximum Gasteiger partial charge on any atom is 0.265 e. The van der Waals surface area contributed by atoms with Gasteiger partial charge in [-0.3, -0.25) is 9.10 Å². The van der Waals surface area contributed by atoms with Crippen LogP contribution in [0, 0.1) is 0 Å². The molecule has 0 bridgehead atoms. The first-order valence-electron chi connectivity index (χ1n) is 11.3. The molecule has 0 unspecified atom stereocenters. The van der Waals surface area contributed by atoms with E-state index < -0.39 is 22.5 Å². The third-order valence-electron chi connectivity index (χ3n) is 5.39. The fraction of sp³-hybridized carbons (Fsp3) is 0.269. The average molecular weight is 581 g/mol. The van der Waals surface area contributed by atoms with Crippen LogP contribution in [0.15, 0.2) is 70.5 Å². The highest BCUT2D eigenvalue weighted by Crippen LogP contribution is 2.37. The molecule has 0 saturated carbocycles. The predicted molar refractivity (Wildman–Crippen MR) is 149 cm³/mol. The van der Waals surface area contributed by atoms with Gasteiger partial charge in [-0.15, -0.1) is 11.8 Å². The molecule has 0 heterocycles. The Kier molecular flexibility index (Phi) is 10.4. The van der Waals surface area contributed by atoms with Crippen LogP contribution in [0.5, 0.6) is 23.0 Å². The van der Waals surface area contributed by atoms with Gasteiger partial charge in [0.15, 0.2) is 11.5 Å². The lowest BCUT2D eigenvalue weighted by molar-refractivity contribution is -0.119. The van der Waals surface area contributed by atoms with E-state index in [2.05, 4.69) is 5.32 Å². The van der Waals surface area contributed by atoms with Crippen molar-refractivity contribution in [2.75, 3.05) is 51.6 Å². The summed E-state index contributed by atoms with van der Waals surface area (Å²) >= 11 is 7.46. The van der Waals surface area contributed by atoms with E-state index in [0.29, 0.717) is 28.8 Å². The number of hydrogen-bond acceptors (Lipinski definition) is 8. The summed E-state index contributed by atoms with van der Waals surface area (Å²) < 4.78 is 50.0. The van der Waals surface area contributed by atoms with E-state index in [9.17, 15) is 13.2 Å². The molecule has 38 heavy (non-hydrogen) atoms. The number of nitrogens with one attached hydrogen (secondary N) is 1. The Morgan fingerprint density at radius 3 is 2.16 bits per heavy atom. The SMILES string of the molecule is COc1ccc(OC)c(N(CC(=O)NCCSc2ccc(Cl)cc2)S(=O)(=O)c2ccc(OC)c(OC)c2)c1. The number of anilines is 1. The van der Waals surface area contributed by atoms with Gasteiger partial charge in [0.1, 0.15) is 18.0 Å². The Hall–Kier alpha value is -3.28. The second-order valence-corrected chi connectivity index (χ2v) is 11.2. The van der Waals surface area contributed by atoms with E-state index in [0.717, 1.165) is 9.20 Å². The van der Waals surface area contributed by atoms with E-state index >= 15 is 0 Å². The van der Waals surface area contributed by atoms with Crippen molar-refractivity contribution in [2.45, 2.75) is 9.79 Å². The molecule has 0 atom stereocenters. The number of methoxy groups -OCH3 is 4. The lowest BCUT2D eigenvalue weighted by Gasteiger charge is -2.26. The molecule has 9 nitrogen and oxygen atoms in total. The number of hydrogen-bond donors (Lipinski definition) is 1. The highest BCUT2D eigenvalue weighted by atomic mass is 35.5. The minimum absolute atomic E-state index is 0.0916. The maximum atomic E-state index is 13.9. The molecule has 0 aromatic heterocycles. The molecular weight excluding hydrogens is 552 g/mol. The summed E-state index contributed by atoms with van der Waals surface area (Å²) in [7, 11) is 1.48. The summed E-state index contributed by atoms with van der Waals surface area (Å²) in [6, 6.07) is 16.3. The summed E-state index contributed by atoms with van der Waals surface area (Å²) in [6.45, 7) is -0.169. The second kappa shape index (κ2) is 13.5. The van der Waals surface area contributed by atoms with Crippen LogP contribution in [0.1, 0.15) is 0 Å². The number of benzene rings is 3. The third-order valence-corrected chi connectivity index (χ3v) is 8.41. The van der Waals surface area contributed by atoms with Gasteiger partial charge < -0.3 is 24.3 Å². The Bertz CT molecular complexity index is 1350. The van der Waals surface area contributed by atoms with Gasteiger partial charge in [0.05, 0.1) is 39.0 Å². The molecule has 3 aromatic carbocycles. The molecule has 12 heteroatoms. The third kappa shape index (κ3) is 7.18. The summed E-state index contributed by atoms with van der Waals surface area (Å²) in [4.78, 5) is 13.9. The second-order valence-electron chi connectivity index (χ2n) is 7.72. The monoisotopic (exact) mass is 580 g/mol. The number of sulfonamides is 1. The van der Waals surface area contributed by atoms with E-state index in [-0.39, 0.29) is 22.1 Å². The van der Waals surface area contributed by atoms with Crippen molar-refractivity contribution in [2.24, 2.45) is 0 Å². The van der Waals surface area contributed by atoms with Gasteiger partial charge in [0.25, 0.3) is 10.0 Å². The molecule has 1 amide bonds. The van der Waals surface area contributed by atoms with Crippen molar-refractivity contribution in [1.29, 1.82) is 0 Å². The van der Waals surface area contributed by atoms with Crippen LogP contribution in [0.25, 0.3) is 0 Å². The topological polar surface area (TPSA) is 103 Å². The van der Waals surface area contributed by atoms with Crippen LogP contribution in [-0.2, 0) is 14.8 Å². The highest BCUT2D eigenvalue weighted by Gasteiger charge is 2.31. The lowest BCUT2D eigenvalue weighted by Crippen LogP contribution is -2.41. The number of thioether (sulfide) groups is 1. The first kappa shape index (κ1) is 29.3. The standard InChI is InChI=1S/C26H29ClN2O7S2/c1-33-19-7-11-23(34-2)22(15-19)29(38(31,32)21-10-12-24(35-3)25(16-21)36-4)17-26(30)28-13-14-37-20-8-5-18(27)6-9-20/h5-12,15-16H,13-14,17H2,1-4H3,(H,28,30).